The molecule has 1 rings (SSSR count). The summed E-state index contributed by atoms with van der Waals surface area (Å²) in [6, 6.07) is 4.81. The monoisotopic (exact) mass is 246 g/mol. The maximum Gasteiger partial charge on any atom is 0.417 e. The molecule has 0 saturated carbocycles. The summed E-state index contributed by atoms with van der Waals surface area (Å²) in [7, 11) is 0. The number of hydrogen-bond donors (Lipinski definition) is 2. The molecule has 7 heteroatoms. The summed E-state index contributed by atoms with van der Waals surface area (Å²) in [5.41, 5.74) is 0.859. The van der Waals surface area contributed by atoms with Gasteiger partial charge in [0.1, 0.15) is 6.61 Å². The molecule has 0 unspecified atom stereocenters. The number of hydrazone groups is 1. The number of carbonyl (C=O) groups is 1. The molecule has 0 spiro atoms. The van der Waals surface area contributed by atoms with E-state index >= 15 is 0 Å². The van der Waals surface area contributed by atoms with Crippen molar-refractivity contribution in [2.45, 2.75) is 6.18 Å². The van der Waals surface area contributed by atoms with Crippen molar-refractivity contribution in [3.8, 4) is 0 Å². The zero-order valence-corrected chi connectivity index (χ0v) is 8.53. The van der Waals surface area contributed by atoms with E-state index in [1.54, 1.807) is 0 Å². The van der Waals surface area contributed by atoms with Gasteiger partial charge < -0.3 is 5.11 Å². The van der Waals surface area contributed by atoms with Crippen LogP contribution in [0, 0.1) is 0 Å². The fraction of sp³-hybridized carbons (Fsp3) is 0.200. The molecule has 0 fully saturated rings. The first kappa shape index (κ1) is 13.2. The molecule has 0 bridgehead atoms. The Morgan fingerprint density at radius 3 is 2.65 bits per heavy atom. The number of nitrogens with one attached hydrogen (secondary N) is 1. The van der Waals surface area contributed by atoms with Crippen LogP contribution in [0.4, 0.5) is 13.2 Å². The predicted octanol–water partition coefficient (Wildman–Crippen LogP) is 1.15. The molecule has 0 heterocycles. The van der Waals surface area contributed by atoms with E-state index in [9.17, 15) is 18.0 Å². The number of hydrogen-bond acceptors (Lipinski definition) is 3. The maximum absolute atomic E-state index is 12.5. The molecule has 0 aliphatic carbocycles. The van der Waals surface area contributed by atoms with Gasteiger partial charge in [0.25, 0.3) is 5.91 Å². The average molecular weight is 246 g/mol. The number of aliphatic hydroxyl groups is 1. The minimum absolute atomic E-state index is 0.168. The predicted molar refractivity (Wildman–Crippen MR) is 54.3 cm³/mol. The van der Waals surface area contributed by atoms with Gasteiger partial charge in [0.05, 0.1) is 11.8 Å². The van der Waals surface area contributed by atoms with E-state index < -0.39 is 24.3 Å². The van der Waals surface area contributed by atoms with E-state index in [1.807, 2.05) is 5.43 Å². The fourth-order valence-corrected chi connectivity index (χ4v) is 1.08. The van der Waals surface area contributed by atoms with Crippen molar-refractivity contribution in [2.75, 3.05) is 6.61 Å². The van der Waals surface area contributed by atoms with E-state index in [-0.39, 0.29) is 5.56 Å². The molecule has 1 aromatic carbocycles. The Morgan fingerprint density at radius 2 is 2.06 bits per heavy atom. The molecule has 0 aliphatic rings. The third kappa shape index (κ3) is 3.87. The van der Waals surface area contributed by atoms with Crippen LogP contribution in [0.2, 0.25) is 0 Å². The lowest BCUT2D eigenvalue weighted by Crippen LogP contribution is -2.21. The number of nitrogens with zero attached hydrogens (tertiary/aromatic N) is 1. The van der Waals surface area contributed by atoms with Gasteiger partial charge in [-0.15, -0.1) is 0 Å². The van der Waals surface area contributed by atoms with Crippen LogP contribution in [0.3, 0.4) is 0 Å². The normalized spacial score (nSPS) is 11.8. The molecule has 0 atom stereocenters. The zero-order valence-electron chi connectivity index (χ0n) is 8.53. The topological polar surface area (TPSA) is 61.7 Å². The maximum atomic E-state index is 12.5. The second-order valence-corrected chi connectivity index (χ2v) is 3.04. The molecular weight excluding hydrogens is 237 g/mol. The summed E-state index contributed by atoms with van der Waals surface area (Å²) in [6.45, 7) is -0.780. The van der Waals surface area contributed by atoms with Gasteiger partial charge in [0.2, 0.25) is 0 Å². The van der Waals surface area contributed by atoms with Crippen LogP contribution < -0.4 is 5.43 Å². The standard InChI is InChI=1S/C10H9F3N2O2/c11-10(12,13)8-4-2-1-3-7(8)5-14-15-9(17)6-16/h1-5,16H,6H2,(H,15,17)/b14-5-. The largest absolute Gasteiger partial charge is 0.417 e. The van der Waals surface area contributed by atoms with Crippen LogP contribution in [0.25, 0.3) is 0 Å². The van der Waals surface area contributed by atoms with Crippen molar-refractivity contribution in [1.82, 2.24) is 5.43 Å². The number of benzene rings is 1. The second kappa shape index (κ2) is 5.44. The highest BCUT2D eigenvalue weighted by Crippen LogP contribution is 2.30. The number of alkyl halides is 3. The lowest BCUT2D eigenvalue weighted by atomic mass is 10.1. The molecule has 0 saturated heterocycles. The van der Waals surface area contributed by atoms with E-state index in [0.29, 0.717) is 0 Å². The molecule has 1 amide bonds. The first-order chi connectivity index (χ1) is 7.95. The van der Waals surface area contributed by atoms with E-state index in [4.69, 9.17) is 5.11 Å². The highest BCUT2D eigenvalue weighted by Gasteiger charge is 2.32. The van der Waals surface area contributed by atoms with Gasteiger partial charge in [-0.1, -0.05) is 18.2 Å². The van der Waals surface area contributed by atoms with Gasteiger partial charge in [0, 0.05) is 5.56 Å². The van der Waals surface area contributed by atoms with Crippen molar-refractivity contribution in [3.05, 3.63) is 35.4 Å². The van der Waals surface area contributed by atoms with Crippen LogP contribution in [0.5, 0.6) is 0 Å². The molecule has 4 nitrogen and oxygen atoms in total. The van der Waals surface area contributed by atoms with Crippen LogP contribution in [-0.4, -0.2) is 23.8 Å². The first-order valence-electron chi connectivity index (χ1n) is 4.54. The number of rotatable bonds is 3. The Kier molecular flexibility index (Phi) is 4.22. The molecule has 92 valence electrons. The molecule has 0 radical (unpaired) electrons. The minimum Gasteiger partial charge on any atom is -0.386 e. The van der Waals surface area contributed by atoms with Gasteiger partial charge in [-0.3, -0.25) is 4.79 Å². The van der Waals surface area contributed by atoms with Crippen LogP contribution >= 0.6 is 0 Å². The molecule has 0 aliphatic heterocycles. The quantitative estimate of drug-likeness (QED) is 0.620. The van der Waals surface area contributed by atoms with Crippen molar-refractivity contribution in [1.29, 1.82) is 0 Å². The summed E-state index contributed by atoms with van der Waals surface area (Å²) in [4.78, 5) is 10.6. The molecule has 0 aromatic heterocycles. The minimum atomic E-state index is -4.48. The summed E-state index contributed by atoms with van der Waals surface area (Å²) in [5, 5.41) is 11.7. The SMILES string of the molecule is O=C(CO)N/N=C\c1ccccc1C(F)(F)F. The second-order valence-electron chi connectivity index (χ2n) is 3.04. The Hall–Kier alpha value is -1.89. The van der Waals surface area contributed by atoms with Gasteiger partial charge in [-0.25, -0.2) is 5.43 Å². The highest BCUT2D eigenvalue weighted by molar-refractivity contribution is 5.84. The Bertz CT molecular complexity index is 430. The van der Waals surface area contributed by atoms with Gasteiger partial charge >= 0.3 is 6.18 Å². The summed E-state index contributed by atoms with van der Waals surface area (Å²) in [5.74, 6) is -0.800. The molecular formula is C10H9F3N2O2. The first-order valence-corrected chi connectivity index (χ1v) is 4.54. The summed E-state index contributed by atoms with van der Waals surface area (Å²) >= 11 is 0. The third-order valence-electron chi connectivity index (χ3n) is 1.80. The van der Waals surface area contributed by atoms with Crippen molar-refractivity contribution < 1.29 is 23.1 Å². The van der Waals surface area contributed by atoms with Crippen LogP contribution in [0.1, 0.15) is 11.1 Å². The highest BCUT2D eigenvalue weighted by atomic mass is 19.4. The molecule has 2 N–H and O–H groups in total. The average Bonchev–Trinajstić information content (AvgIpc) is 2.28. The van der Waals surface area contributed by atoms with Crippen molar-refractivity contribution in [3.63, 3.8) is 0 Å². The number of halogens is 3. The molecule has 17 heavy (non-hydrogen) atoms. The van der Waals surface area contributed by atoms with Crippen molar-refractivity contribution >= 4 is 12.1 Å². The van der Waals surface area contributed by atoms with Crippen LogP contribution in [-0.2, 0) is 11.0 Å². The van der Waals surface area contributed by atoms with Crippen LogP contribution in [0.15, 0.2) is 29.4 Å². The van der Waals surface area contributed by atoms with E-state index in [1.165, 1.54) is 18.2 Å². The third-order valence-corrected chi connectivity index (χ3v) is 1.80. The molecule has 1 aromatic rings. The van der Waals surface area contributed by atoms with Gasteiger partial charge in [0.15, 0.2) is 0 Å². The Balaban J connectivity index is 2.88. The zero-order chi connectivity index (χ0) is 12.9. The van der Waals surface area contributed by atoms with E-state index in [0.717, 1.165) is 12.3 Å². The summed E-state index contributed by atoms with van der Waals surface area (Å²) in [6.07, 6.45) is -3.61. The van der Waals surface area contributed by atoms with Gasteiger partial charge in [-0.2, -0.15) is 18.3 Å². The number of amides is 1. The number of carbonyl (C=O) groups excluding carboxylic acids is 1. The lowest BCUT2D eigenvalue weighted by Gasteiger charge is -2.08. The Morgan fingerprint density at radius 1 is 1.41 bits per heavy atom. The Labute approximate surface area is 94.8 Å². The van der Waals surface area contributed by atoms with E-state index in [2.05, 4.69) is 5.10 Å². The summed E-state index contributed by atoms with van der Waals surface area (Å²) < 4.78 is 37.5. The fourth-order valence-electron chi connectivity index (χ4n) is 1.08. The smallest absolute Gasteiger partial charge is 0.386 e. The van der Waals surface area contributed by atoms with Gasteiger partial charge in [-0.05, 0) is 6.07 Å². The van der Waals surface area contributed by atoms with Crippen molar-refractivity contribution in [2.24, 2.45) is 5.10 Å². The number of aliphatic hydroxyl groups excluding tert-OH is 1. The lowest BCUT2D eigenvalue weighted by molar-refractivity contribution is -0.137.